The molecule has 0 amide bonds. The highest BCUT2D eigenvalue weighted by Gasteiger charge is 2.06. The molecule has 0 unspecified atom stereocenters. The largest absolute Gasteiger partial charge is 0.250 e. The summed E-state index contributed by atoms with van der Waals surface area (Å²) < 4.78 is 54.0. The molecule has 0 radical (unpaired) electrons. The van der Waals surface area contributed by atoms with E-state index in [1.54, 1.807) is 24.3 Å². The summed E-state index contributed by atoms with van der Waals surface area (Å²) in [5.41, 5.74) is 0.463. The zero-order chi connectivity index (χ0) is 18.5. The summed E-state index contributed by atoms with van der Waals surface area (Å²) in [6.07, 6.45) is 2.64. The van der Waals surface area contributed by atoms with Crippen LogP contribution in [0, 0.1) is 23.3 Å². The second-order valence-electron chi connectivity index (χ2n) is 5.32. The van der Waals surface area contributed by atoms with Crippen LogP contribution in [0.5, 0.6) is 0 Å². The van der Waals surface area contributed by atoms with Gasteiger partial charge in [0, 0.05) is 12.4 Å². The lowest BCUT2D eigenvalue weighted by Gasteiger charge is -2.00. The lowest BCUT2D eigenvalue weighted by atomic mass is 10.1. The van der Waals surface area contributed by atoms with E-state index in [9.17, 15) is 17.6 Å². The number of nitrogens with zero attached hydrogens (tertiary/aromatic N) is 2. The predicted molar refractivity (Wildman–Crippen MR) is 93.7 cm³/mol. The van der Waals surface area contributed by atoms with Gasteiger partial charge in [-0.15, -0.1) is 0 Å². The molecule has 0 saturated heterocycles. The molecule has 0 aromatic heterocycles. The van der Waals surface area contributed by atoms with E-state index in [1.165, 1.54) is 24.6 Å². The molecular formula is C20H12F4N2. The van der Waals surface area contributed by atoms with E-state index in [2.05, 4.69) is 9.98 Å². The van der Waals surface area contributed by atoms with E-state index >= 15 is 0 Å². The standard InChI is InChI=1S/C20H12F4N2/c21-15-3-1-4-16(22)19(15)25-11-13-7-9-14(10-8-13)12-26-20-17(23)5-2-6-18(20)24/h1-12H. The van der Waals surface area contributed by atoms with Crippen molar-refractivity contribution in [3.63, 3.8) is 0 Å². The molecule has 0 saturated carbocycles. The molecule has 0 N–H and O–H groups in total. The van der Waals surface area contributed by atoms with Gasteiger partial charge in [-0.2, -0.15) is 0 Å². The van der Waals surface area contributed by atoms with Crippen molar-refractivity contribution < 1.29 is 17.6 Å². The second kappa shape index (κ2) is 7.74. The summed E-state index contributed by atoms with van der Waals surface area (Å²) in [7, 11) is 0. The Morgan fingerprint density at radius 3 is 1.12 bits per heavy atom. The average Bonchev–Trinajstić information content (AvgIpc) is 2.62. The van der Waals surface area contributed by atoms with Crippen LogP contribution in [0.2, 0.25) is 0 Å². The molecule has 0 aliphatic heterocycles. The Morgan fingerprint density at radius 2 is 0.808 bits per heavy atom. The normalized spacial score (nSPS) is 11.5. The molecule has 0 aliphatic carbocycles. The van der Waals surface area contributed by atoms with Crippen LogP contribution in [0.15, 0.2) is 70.6 Å². The number of halogens is 4. The summed E-state index contributed by atoms with van der Waals surface area (Å²) in [4.78, 5) is 7.63. The maximum Gasteiger partial charge on any atom is 0.151 e. The van der Waals surface area contributed by atoms with E-state index in [0.29, 0.717) is 11.1 Å². The van der Waals surface area contributed by atoms with Gasteiger partial charge in [0.15, 0.2) is 23.3 Å². The number of benzene rings is 3. The number of para-hydroxylation sites is 2. The van der Waals surface area contributed by atoms with Gasteiger partial charge in [0.2, 0.25) is 0 Å². The molecular weight excluding hydrogens is 344 g/mol. The van der Waals surface area contributed by atoms with Gasteiger partial charge < -0.3 is 0 Å². The first kappa shape index (κ1) is 17.5. The van der Waals surface area contributed by atoms with Gasteiger partial charge >= 0.3 is 0 Å². The highest BCUT2D eigenvalue weighted by molar-refractivity contribution is 5.86. The Hall–Kier alpha value is -3.28. The molecule has 0 fully saturated rings. The molecule has 26 heavy (non-hydrogen) atoms. The quantitative estimate of drug-likeness (QED) is 0.420. The minimum Gasteiger partial charge on any atom is -0.250 e. The van der Waals surface area contributed by atoms with Gasteiger partial charge in [0.1, 0.15) is 11.4 Å². The zero-order valence-electron chi connectivity index (χ0n) is 13.3. The fourth-order valence-corrected chi connectivity index (χ4v) is 2.17. The molecule has 0 spiro atoms. The lowest BCUT2D eigenvalue weighted by Crippen LogP contribution is -1.87. The SMILES string of the molecule is Fc1cccc(F)c1N=Cc1ccc(C=Nc2c(F)cccc2F)cc1. The fourth-order valence-electron chi connectivity index (χ4n) is 2.17. The Labute approximate surface area is 147 Å². The van der Waals surface area contributed by atoms with Crippen LogP contribution in [0.4, 0.5) is 28.9 Å². The first-order valence-electron chi connectivity index (χ1n) is 7.61. The second-order valence-corrected chi connectivity index (χ2v) is 5.32. The van der Waals surface area contributed by atoms with Crippen molar-refractivity contribution in [3.8, 4) is 0 Å². The molecule has 6 heteroatoms. The smallest absolute Gasteiger partial charge is 0.151 e. The van der Waals surface area contributed by atoms with E-state index in [0.717, 1.165) is 24.3 Å². The zero-order valence-corrected chi connectivity index (χ0v) is 13.3. The van der Waals surface area contributed by atoms with Crippen LogP contribution < -0.4 is 0 Å². The number of hydrogen-bond donors (Lipinski definition) is 0. The molecule has 0 atom stereocenters. The van der Waals surface area contributed by atoms with E-state index in [-0.39, 0.29) is 11.4 Å². The summed E-state index contributed by atoms with van der Waals surface area (Å²) in [6.45, 7) is 0. The Morgan fingerprint density at radius 1 is 0.500 bits per heavy atom. The van der Waals surface area contributed by atoms with Crippen LogP contribution in [-0.4, -0.2) is 12.4 Å². The van der Waals surface area contributed by atoms with Gasteiger partial charge in [0.05, 0.1) is 0 Å². The number of hydrogen-bond acceptors (Lipinski definition) is 2. The van der Waals surface area contributed by atoms with Crippen LogP contribution >= 0.6 is 0 Å². The van der Waals surface area contributed by atoms with Gasteiger partial charge in [-0.3, -0.25) is 9.98 Å². The molecule has 0 bridgehead atoms. The van der Waals surface area contributed by atoms with Gasteiger partial charge in [-0.25, -0.2) is 17.6 Å². The Bertz CT molecular complexity index is 859. The maximum atomic E-state index is 13.5. The van der Waals surface area contributed by atoms with Crippen LogP contribution in [0.1, 0.15) is 11.1 Å². The number of rotatable bonds is 4. The van der Waals surface area contributed by atoms with Crippen molar-refractivity contribution in [2.45, 2.75) is 0 Å². The molecule has 3 aromatic carbocycles. The lowest BCUT2D eigenvalue weighted by molar-refractivity contribution is 0.587. The number of aliphatic imine (C=N–C) groups is 2. The fraction of sp³-hybridized carbons (Fsp3) is 0. The molecule has 0 heterocycles. The Balaban J connectivity index is 1.77. The minimum absolute atomic E-state index is 0.367. The first-order valence-corrected chi connectivity index (χ1v) is 7.61. The predicted octanol–water partition coefficient (Wildman–Crippen LogP) is 5.74. The van der Waals surface area contributed by atoms with E-state index < -0.39 is 23.3 Å². The van der Waals surface area contributed by atoms with Gasteiger partial charge in [-0.1, -0.05) is 36.4 Å². The monoisotopic (exact) mass is 356 g/mol. The van der Waals surface area contributed by atoms with Crippen molar-refractivity contribution >= 4 is 23.8 Å². The highest BCUT2D eigenvalue weighted by atomic mass is 19.1. The molecule has 3 aromatic rings. The Kier molecular flexibility index (Phi) is 5.22. The van der Waals surface area contributed by atoms with Crippen molar-refractivity contribution in [2.75, 3.05) is 0 Å². The third-order valence-corrected chi connectivity index (χ3v) is 3.50. The third kappa shape index (κ3) is 4.03. The van der Waals surface area contributed by atoms with Crippen LogP contribution in [-0.2, 0) is 0 Å². The molecule has 2 nitrogen and oxygen atoms in total. The van der Waals surface area contributed by atoms with Crippen molar-refractivity contribution in [1.29, 1.82) is 0 Å². The van der Waals surface area contributed by atoms with Crippen LogP contribution in [0.3, 0.4) is 0 Å². The van der Waals surface area contributed by atoms with Crippen molar-refractivity contribution in [2.24, 2.45) is 9.98 Å². The van der Waals surface area contributed by atoms with Crippen molar-refractivity contribution in [3.05, 3.63) is 95.1 Å². The first-order chi connectivity index (χ1) is 12.5. The molecule has 0 aliphatic rings. The van der Waals surface area contributed by atoms with Gasteiger partial charge in [0.25, 0.3) is 0 Å². The summed E-state index contributed by atoms with van der Waals surface area (Å²) in [5, 5.41) is 0. The van der Waals surface area contributed by atoms with Crippen LogP contribution in [0.25, 0.3) is 0 Å². The molecule has 130 valence electrons. The average molecular weight is 356 g/mol. The van der Waals surface area contributed by atoms with Gasteiger partial charge in [-0.05, 0) is 35.4 Å². The molecule has 3 rings (SSSR count). The highest BCUT2D eigenvalue weighted by Crippen LogP contribution is 2.22. The van der Waals surface area contributed by atoms with E-state index in [1.807, 2.05) is 0 Å². The topological polar surface area (TPSA) is 24.7 Å². The maximum absolute atomic E-state index is 13.5. The summed E-state index contributed by atoms with van der Waals surface area (Å²) in [6, 6.07) is 13.6. The summed E-state index contributed by atoms with van der Waals surface area (Å²) >= 11 is 0. The third-order valence-electron chi connectivity index (χ3n) is 3.50. The van der Waals surface area contributed by atoms with E-state index in [4.69, 9.17) is 0 Å². The summed E-state index contributed by atoms with van der Waals surface area (Å²) in [5.74, 6) is -3.01. The van der Waals surface area contributed by atoms with Crippen molar-refractivity contribution in [1.82, 2.24) is 0 Å². The minimum atomic E-state index is -0.753.